The van der Waals surface area contributed by atoms with Gasteiger partial charge in [0.1, 0.15) is 5.75 Å². The Hall–Kier alpha value is -3.73. The summed E-state index contributed by atoms with van der Waals surface area (Å²) in [6.45, 7) is 1.06. The second kappa shape index (κ2) is 8.66. The second-order valence-electron chi connectivity index (χ2n) is 8.35. The zero-order chi connectivity index (χ0) is 22.9. The van der Waals surface area contributed by atoms with Gasteiger partial charge in [-0.25, -0.2) is 0 Å². The van der Waals surface area contributed by atoms with E-state index in [1.54, 1.807) is 25.0 Å². The van der Waals surface area contributed by atoms with E-state index >= 15 is 0 Å². The van der Waals surface area contributed by atoms with Crippen molar-refractivity contribution in [3.63, 3.8) is 0 Å². The number of hydrogen-bond acceptors (Lipinski definition) is 8. The Morgan fingerprint density at radius 2 is 2.12 bits per heavy atom. The summed E-state index contributed by atoms with van der Waals surface area (Å²) in [6.07, 6.45) is 4.25. The summed E-state index contributed by atoms with van der Waals surface area (Å²) < 4.78 is 12.7. The van der Waals surface area contributed by atoms with Crippen molar-refractivity contribution in [2.24, 2.45) is 7.05 Å². The molecule has 2 N–H and O–H groups in total. The molecule has 2 fully saturated rings. The molecule has 172 valence electrons. The number of carbonyl (C=O) groups excluding carboxylic acids is 2. The van der Waals surface area contributed by atoms with E-state index < -0.39 is 0 Å². The topological polar surface area (TPSA) is 127 Å². The van der Waals surface area contributed by atoms with Crippen LogP contribution in [0.4, 0.5) is 0 Å². The Balaban J connectivity index is 1.25. The van der Waals surface area contributed by atoms with E-state index in [2.05, 4.69) is 30.8 Å². The van der Waals surface area contributed by atoms with Gasteiger partial charge in [0.05, 0.1) is 24.9 Å². The van der Waals surface area contributed by atoms with Crippen LogP contribution in [0.5, 0.6) is 5.75 Å². The van der Waals surface area contributed by atoms with Gasteiger partial charge in [0.25, 0.3) is 5.91 Å². The lowest BCUT2D eigenvalue weighted by atomic mass is 10.1. The minimum absolute atomic E-state index is 0.00263. The maximum absolute atomic E-state index is 12.5. The highest BCUT2D eigenvalue weighted by Crippen LogP contribution is 2.27. The normalized spacial score (nSPS) is 22.6. The SMILES string of the molecule is COc1ccc(-c2nnc(C[C@@H]3CNC(=O)[C@@H]4C[C@H](NC(=O)c5cnn(C)c5)CN34)o2)cc1. The Kier molecular flexibility index (Phi) is 5.55. The smallest absolute Gasteiger partial charge is 0.254 e. The van der Waals surface area contributed by atoms with Gasteiger partial charge in [-0.2, -0.15) is 5.10 Å². The number of carbonyl (C=O) groups is 2. The molecule has 0 spiro atoms. The first-order valence-electron chi connectivity index (χ1n) is 10.8. The van der Waals surface area contributed by atoms with Crippen molar-refractivity contribution >= 4 is 11.8 Å². The van der Waals surface area contributed by atoms with Crippen molar-refractivity contribution in [3.8, 4) is 17.2 Å². The summed E-state index contributed by atoms with van der Waals surface area (Å²) in [5.74, 6) is 1.48. The lowest BCUT2D eigenvalue weighted by Crippen LogP contribution is -2.58. The number of aryl methyl sites for hydroxylation is 1. The van der Waals surface area contributed by atoms with E-state index in [1.807, 2.05) is 24.3 Å². The zero-order valence-electron chi connectivity index (χ0n) is 18.4. The van der Waals surface area contributed by atoms with Crippen molar-refractivity contribution < 1.29 is 18.7 Å². The molecule has 4 heterocycles. The van der Waals surface area contributed by atoms with Crippen LogP contribution in [0.3, 0.4) is 0 Å². The standard InChI is InChI=1S/C22H25N7O4/c1-28-11-14(9-24-28)20(30)25-15-7-18-21(31)23-10-16(29(18)12-15)8-19-26-27-22(33-19)13-3-5-17(32-2)6-4-13/h3-6,9,11,15-16,18H,7-8,10,12H2,1-2H3,(H,23,31)(H,25,30)/t15-,16+,18-/m0/s1. The fraction of sp³-hybridized carbons (Fsp3) is 0.409. The molecule has 2 aromatic heterocycles. The van der Waals surface area contributed by atoms with E-state index in [9.17, 15) is 9.59 Å². The number of methoxy groups -OCH3 is 1. The zero-order valence-corrected chi connectivity index (χ0v) is 18.4. The van der Waals surface area contributed by atoms with Crippen LogP contribution in [-0.4, -0.2) is 75.0 Å². The molecule has 2 aliphatic heterocycles. The molecule has 0 saturated carbocycles. The van der Waals surface area contributed by atoms with Crippen LogP contribution >= 0.6 is 0 Å². The van der Waals surface area contributed by atoms with Crippen LogP contribution in [0.2, 0.25) is 0 Å². The van der Waals surface area contributed by atoms with Crippen molar-refractivity contribution in [1.82, 2.24) is 35.5 Å². The fourth-order valence-electron chi connectivity index (χ4n) is 4.46. The van der Waals surface area contributed by atoms with Crippen molar-refractivity contribution in [3.05, 3.63) is 48.1 Å². The van der Waals surface area contributed by atoms with Gasteiger partial charge in [-0.1, -0.05) is 0 Å². The van der Waals surface area contributed by atoms with E-state index in [4.69, 9.17) is 9.15 Å². The molecule has 0 unspecified atom stereocenters. The third-order valence-electron chi connectivity index (χ3n) is 6.14. The number of fused-ring (bicyclic) bond motifs is 1. The molecule has 0 aliphatic carbocycles. The second-order valence-corrected chi connectivity index (χ2v) is 8.35. The van der Waals surface area contributed by atoms with Gasteiger partial charge in [-0.3, -0.25) is 19.2 Å². The largest absolute Gasteiger partial charge is 0.497 e. The molecular weight excluding hydrogens is 426 g/mol. The number of piperazine rings is 1. The molecule has 11 heteroatoms. The molecule has 5 rings (SSSR count). The number of aromatic nitrogens is 4. The van der Waals surface area contributed by atoms with Gasteiger partial charge in [0, 0.05) is 50.4 Å². The highest BCUT2D eigenvalue weighted by atomic mass is 16.5. The summed E-state index contributed by atoms with van der Waals surface area (Å²) in [6, 6.07) is 6.97. The molecule has 2 saturated heterocycles. The van der Waals surface area contributed by atoms with Gasteiger partial charge in [-0.15, -0.1) is 10.2 Å². The molecule has 0 radical (unpaired) electrons. The molecular formula is C22H25N7O4. The Bertz CT molecular complexity index is 1160. The maximum atomic E-state index is 12.5. The van der Waals surface area contributed by atoms with Crippen LogP contribution < -0.4 is 15.4 Å². The average molecular weight is 451 g/mol. The molecule has 11 nitrogen and oxygen atoms in total. The molecule has 3 aromatic rings. The monoisotopic (exact) mass is 451 g/mol. The van der Waals surface area contributed by atoms with Crippen LogP contribution in [0.25, 0.3) is 11.5 Å². The average Bonchev–Trinajstić information content (AvgIpc) is 3.56. The minimum Gasteiger partial charge on any atom is -0.497 e. The van der Waals surface area contributed by atoms with Crippen LogP contribution in [0.15, 0.2) is 41.1 Å². The first-order valence-corrected chi connectivity index (χ1v) is 10.8. The summed E-state index contributed by atoms with van der Waals surface area (Å²) in [4.78, 5) is 27.1. The molecule has 33 heavy (non-hydrogen) atoms. The van der Waals surface area contributed by atoms with Gasteiger partial charge in [0.2, 0.25) is 17.7 Å². The predicted octanol–water partition coefficient (Wildman–Crippen LogP) is 0.393. The quantitative estimate of drug-likeness (QED) is 0.551. The number of benzene rings is 1. The molecule has 2 aliphatic rings. The third-order valence-corrected chi connectivity index (χ3v) is 6.14. The van der Waals surface area contributed by atoms with Crippen molar-refractivity contribution in [1.29, 1.82) is 0 Å². The lowest BCUT2D eigenvalue weighted by molar-refractivity contribution is -0.129. The Labute approximate surface area is 190 Å². The number of amides is 2. The van der Waals surface area contributed by atoms with E-state index in [1.165, 1.54) is 6.20 Å². The van der Waals surface area contributed by atoms with E-state index in [0.717, 1.165) is 11.3 Å². The number of rotatable bonds is 6. The number of hydrogen-bond donors (Lipinski definition) is 2. The van der Waals surface area contributed by atoms with Crippen LogP contribution in [0, 0.1) is 0 Å². The summed E-state index contributed by atoms with van der Waals surface area (Å²) >= 11 is 0. The maximum Gasteiger partial charge on any atom is 0.254 e. The van der Waals surface area contributed by atoms with Crippen LogP contribution in [0.1, 0.15) is 22.7 Å². The summed E-state index contributed by atoms with van der Waals surface area (Å²) in [5, 5.41) is 18.4. The molecule has 0 bridgehead atoms. The Morgan fingerprint density at radius 1 is 1.30 bits per heavy atom. The summed E-state index contributed by atoms with van der Waals surface area (Å²) in [5.41, 5.74) is 1.31. The lowest BCUT2D eigenvalue weighted by Gasteiger charge is -2.36. The number of nitrogens with zero attached hydrogens (tertiary/aromatic N) is 5. The number of ether oxygens (including phenoxy) is 1. The third kappa shape index (κ3) is 4.31. The highest BCUT2D eigenvalue weighted by molar-refractivity contribution is 5.94. The van der Waals surface area contributed by atoms with Crippen LogP contribution in [-0.2, 0) is 18.3 Å². The van der Waals surface area contributed by atoms with Gasteiger partial charge >= 0.3 is 0 Å². The highest BCUT2D eigenvalue weighted by Gasteiger charge is 2.44. The predicted molar refractivity (Wildman–Crippen MR) is 116 cm³/mol. The van der Waals surface area contributed by atoms with Crippen molar-refractivity contribution in [2.45, 2.75) is 31.0 Å². The van der Waals surface area contributed by atoms with Gasteiger partial charge in [0.15, 0.2) is 0 Å². The summed E-state index contributed by atoms with van der Waals surface area (Å²) in [7, 11) is 3.38. The number of nitrogens with one attached hydrogen (secondary N) is 2. The molecule has 1 aromatic carbocycles. The Morgan fingerprint density at radius 3 is 2.85 bits per heavy atom. The van der Waals surface area contributed by atoms with Crippen molar-refractivity contribution in [2.75, 3.05) is 20.2 Å². The fourth-order valence-corrected chi connectivity index (χ4v) is 4.46. The van der Waals surface area contributed by atoms with Gasteiger partial charge < -0.3 is 19.8 Å². The molecule has 2 amide bonds. The first-order chi connectivity index (χ1) is 16.0. The first kappa shape index (κ1) is 21.1. The minimum atomic E-state index is -0.299. The molecule has 3 atom stereocenters. The van der Waals surface area contributed by atoms with E-state index in [0.29, 0.717) is 43.3 Å². The van der Waals surface area contributed by atoms with Gasteiger partial charge in [-0.05, 0) is 30.7 Å². The van der Waals surface area contributed by atoms with E-state index in [-0.39, 0.29) is 29.9 Å².